The van der Waals surface area contributed by atoms with Gasteiger partial charge in [0.2, 0.25) is 17.1 Å². The number of alkyl halides is 1. The van der Waals surface area contributed by atoms with Crippen molar-refractivity contribution in [1.29, 1.82) is 0 Å². The molecule has 0 spiro atoms. The lowest BCUT2D eigenvalue weighted by molar-refractivity contribution is 0.0363. The van der Waals surface area contributed by atoms with Crippen molar-refractivity contribution in [2.24, 2.45) is 0 Å². The molecule has 0 amide bonds. The summed E-state index contributed by atoms with van der Waals surface area (Å²) in [4.78, 5) is 16.2. The summed E-state index contributed by atoms with van der Waals surface area (Å²) in [7, 11) is 0. The zero-order valence-corrected chi connectivity index (χ0v) is 13.9. The summed E-state index contributed by atoms with van der Waals surface area (Å²) in [6.45, 7) is 2.85. The summed E-state index contributed by atoms with van der Waals surface area (Å²) in [5.74, 6) is 3.34. The number of aliphatic hydroxyl groups is 2. The molecule has 10 heteroatoms. The van der Waals surface area contributed by atoms with E-state index in [2.05, 4.69) is 21.8 Å². The molecule has 1 aliphatic heterocycles. The highest BCUT2D eigenvalue weighted by Gasteiger charge is 2.52. The van der Waals surface area contributed by atoms with Crippen LogP contribution in [0.5, 0.6) is 0 Å². The van der Waals surface area contributed by atoms with Crippen LogP contribution in [0.4, 0.5) is 10.3 Å². The smallest absolute Gasteiger partial charge is 0.264 e. The summed E-state index contributed by atoms with van der Waals surface area (Å²) < 4.78 is 20.9. The molecule has 2 aromatic rings. The Labute approximate surface area is 145 Å². The Bertz CT molecular complexity index is 1020. The lowest BCUT2D eigenvalue weighted by Crippen LogP contribution is -2.31. The number of rotatable bonds is 2. The number of H-pyrrole nitrogens is 1. The summed E-state index contributed by atoms with van der Waals surface area (Å²) in [6, 6.07) is 0. The zero-order valence-electron chi connectivity index (χ0n) is 13.2. The third-order valence-corrected chi connectivity index (χ3v) is 4.21. The van der Waals surface area contributed by atoms with Gasteiger partial charge >= 0.3 is 0 Å². The van der Waals surface area contributed by atoms with Crippen LogP contribution < -0.4 is 11.3 Å². The first-order chi connectivity index (χ1) is 11.7. The fourth-order valence-corrected chi connectivity index (χ4v) is 3.05. The second-order valence-corrected chi connectivity index (χ2v) is 6.08. The van der Waals surface area contributed by atoms with Gasteiger partial charge in [0, 0.05) is 6.20 Å². The minimum Gasteiger partial charge on any atom is -0.506 e. The summed E-state index contributed by atoms with van der Waals surface area (Å²) in [6.07, 6.45) is -1.52. The van der Waals surface area contributed by atoms with Crippen LogP contribution in [0.2, 0.25) is 0 Å². The van der Waals surface area contributed by atoms with Crippen LogP contribution in [0.1, 0.15) is 20.1 Å². The van der Waals surface area contributed by atoms with Crippen molar-refractivity contribution in [2.75, 3.05) is 5.73 Å². The van der Waals surface area contributed by atoms with E-state index in [1.807, 2.05) is 0 Å². The van der Waals surface area contributed by atoms with Crippen LogP contribution in [0.3, 0.4) is 0 Å². The molecule has 3 atom stereocenters. The molecule has 0 aromatic carbocycles. The molecular formula is C15H14ClFN4O4. The number of nitrogens with zero attached hydrogens (tertiary/aromatic N) is 2. The number of aromatic amines is 1. The number of nitrogen functional groups attached to an aromatic ring is 1. The first-order valence-electron chi connectivity index (χ1n) is 7.17. The Morgan fingerprint density at radius 3 is 2.92 bits per heavy atom. The Hall–Kier alpha value is -2.70. The highest BCUT2D eigenvalue weighted by Crippen LogP contribution is 2.46. The third kappa shape index (κ3) is 2.42. The van der Waals surface area contributed by atoms with Crippen molar-refractivity contribution >= 4 is 28.6 Å². The molecular weight excluding hydrogens is 355 g/mol. The number of nitrogens with one attached hydrogen (secondary N) is 1. The van der Waals surface area contributed by atoms with Crippen molar-refractivity contribution in [1.82, 2.24) is 14.5 Å². The standard InChI is InChI=1S/C15H14ClFN4O4/c1-3-4-15(16)10(23)9(6(2)22)25-13(15)21-5-7(17)8-11(21)19-14(18)20-12(8)24/h5-6,13,22-23H,1-2H3,(H3,18,19,20,24)/t6-,13+,15?/m0/s1. The maximum absolute atomic E-state index is 14.3. The molecule has 0 bridgehead atoms. The predicted octanol–water partition coefficient (Wildman–Crippen LogP) is 1.13. The van der Waals surface area contributed by atoms with Gasteiger partial charge < -0.3 is 20.7 Å². The van der Waals surface area contributed by atoms with E-state index in [0.29, 0.717) is 0 Å². The van der Waals surface area contributed by atoms with Gasteiger partial charge in [0.15, 0.2) is 23.0 Å². The van der Waals surface area contributed by atoms with Gasteiger partial charge in [-0.2, -0.15) is 4.98 Å². The lowest BCUT2D eigenvalue weighted by atomic mass is 10.1. The fourth-order valence-electron chi connectivity index (χ4n) is 2.71. The first kappa shape index (κ1) is 17.1. The third-order valence-electron chi connectivity index (χ3n) is 3.75. The predicted molar refractivity (Wildman–Crippen MR) is 88.2 cm³/mol. The molecule has 0 fully saturated rings. The maximum Gasteiger partial charge on any atom is 0.264 e. The molecule has 3 heterocycles. The molecule has 0 radical (unpaired) electrons. The van der Waals surface area contributed by atoms with Crippen LogP contribution >= 0.6 is 11.6 Å². The molecule has 1 unspecified atom stereocenters. The van der Waals surface area contributed by atoms with E-state index in [-0.39, 0.29) is 22.7 Å². The van der Waals surface area contributed by atoms with Crippen molar-refractivity contribution < 1.29 is 19.3 Å². The van der Waals surface area contributed by atoms with Gasteiger partial charge in [-0.05, 0) is 13.8 Å². The number of aromatic nitrogens is 3. The number of aliphatic hydroxyl groups excluding tert-OH is 2. The lowest BCUT2D eigenvalue weighted by Gasteiger charge is -2.24. The van der Waals surface area contributed by atoms with E-state index < -0.39 is 34.3 Å². The van der Waals surface area contributed by atoms with Crippen LogP contribution in [0, 0.1) is 17.7 Å². The molecule has 3 rings (SSSR count). The Morgan fingerprint density at radius 2 is 2.32 bits per heavy atom. The molecule has 5 N–H and O–H groups in total. The van der Waals surface area contributed by atoms with E-state index in [4.69, 9.17) is 22.1 Å². The van der Waals surface area contributed by atoms with Gasteiger partial charge in [0.1, 0.15) is 11.5 Å². The number of hydrogen-bond acceptors (Lipinski definition) is 6. The average Bonchev–Trinajstić information content (AvgIpc) is 2.96. The summed E-state index contributed by atoms with van der Waals surface area (Å²) in [5, 5.41) is 19.8. The molecule has 132 valence electrons. The fraction of sp³-hybridized carbons (Fsp3) is 0.333. The molecule has 8 nitrogen and oxygen atoms in total. The summed E-state index contributed by atoms with van der Waals surface area (Å²) >= 11 is 6.44. The molecule has 0 aliphatic carbocycles. The van der Waals surface area contributed by atoms with E-state index in [1.54, 1.807) is 0 Å². The van der Waals surface area contributed by atoms with Crippen molar-refractivity contribution in [2.45, 2.75) is 31.1 Å². The maximum atomic E-state index is 14.3. The number of hydrogen-bond donors (Lipinski definition) is 4. The van der Waals surface area contributed by atoms with E-state index in [9.17, 15) is 19.4 Å². The average molecular weight is 369 g/mol. The number of nitrogens with two attached hydrogens (primary N) is 1. The van der Waals surface area contributed by atoms with Gasteiger partial charge in [-0.1, -0.05) is 17.5 Å². The van der Waals surface area contributed by atoms with Gasteiger partial charge in [0.25, 0.3) is 5.56 Å². The van der Waals surface area contributed by atoms with Crippen molar-refractivity contribution in [3.63, 3.8) is 0 Å². The molecule has 1 aliphatic rings. The monoisotopic (exact) mass is 368 g/mol. The number of fused-ring (bicyclic) bond motifs is 1. The van der Waals surface area contributed by atoms with E-state index in [1.165, 1.54) is 13.8 Å². The van der Waals surface area contributed by atoms with Gasteiger partial charge in [0.05, 0.1) is 0 Å². The molecule has 25 heavy (non-hydrogen) atoms. The van der Waals surface area contributed by atoms with Crippen molar-refractivity contribution in [3.8, 4) is 11.8 Å². The summed E-state index contributed by atoms with van der Waals surface area (Å²) in [5.41, 5.74) is 4.62. The van der Waals surface area contributed by atoms with E-state index >= 15 is 0 Å². The molecule has 0 saturated heterocycles. The SMILES string of the molecule is CC#CC1(Cl)C(O)=C([C@H](C)O)O[C@H]1n1cc(F)c2c(=O)[nH]c(N)nc21. The van der Waals surface area contributed by atoms with Crippen molar-refractivity contribution in [3.05, 3.63) is 33.9 Å². The second-order valence-electron chi connectivity index (χ2n) is 5.48. The normalized spacial score (nSPS) is 24.1. The number of halogens is 2. The van der Waals surface area contributed by atoms with Gasteiger partial charge in [-0.15, -0.1) is 5.92 Å². The molecule has 2 aromatic heterocycles. The van der Waals surface area contributed by atoms with Crippen LogP contribution in [0.15, 0.2) is 22.5 Å². The largest absolute Gasteiger partial charge is 0.506 e. The van der Waals surface area contributed by atoms with Gasteiger partial charge in [-0.3, -0.25) is 14.3 Å². The minimum absolute atomic E-state index is 0.133. The number of ether oxygens (including phenoxy) is 1. The first-order valence-corrected chi connectivity index (χ1v) is 7.55. The molecule has 0 saturated carbocycles. The Kier molecular flexibility index (Phi) is 3.89. The van der Waals surface area contributed by atoms with Gasteiger partial charge in [-0.25, -0.2) is 4.39 Å². The van der Waals surface area contributed by atoms with Crippen LogP contribution in [-0.2, 0) is 4.74 Å². The topological polar surface area (TPSA) is 126 Å². The zero-order chi connectivity index (χ0) is 18.5. The highest BCUT2D eigenvalue weighted by atomic mass is 35.5. The van der Waals surface area contributed by atoms with E-state index in [0.717, 1.165) is 10.8 Å². The quantitative estimate of drug-likeness (QED) is 0.465. The Balaban J connectivity index is 2.28. The second kappa shape index (κ2) is 5.68. The van der Waals surface area contributed by atoms with Crippen LogP contribution in [0.25, 0.3) is 11.0 Å². The highest BCUT2D eigenvalue weighted by molar-refractivity contribution is 6.28. The Morgan fingerprint density at radius 1 is 1.64 bits per heavy atom. The van der Waals surface area contributed by atoms with Crippen LogP contribution in [-0.4, -0.2) is 35.7 Å². The minimum atomic E-state index is -1.81. The number of anilines is 1.